The number of hydrogen-bond donors (Lipinski definition) is 0. The van der Waals surface area contributed by atoms with E-state index in [-0.39, 0.29) is 0 Å². The summed E-state index contributed by atoms with van der Waals surface area (Å²) in [6, 6.07) is 12.3. The first-order valence-corrected chi connectivity index (χ1v) is 4.96. The molecule has 0 fully saturated rings. The van der Waals surface area contributed by atoms with Gasteiger partial charge in [-0.2, -0.15) is 0 Å². The molecular weight excluding hydrogens is 172 g/mol. The Kier molecular flexibility index (Phi) is 2.40. The summed E-state index contributed by atoms with van der Waals surface area (Å²) >= 11 is 0. The van der Waals surface area contributed by atoms with E-state index in [0.717, 1.165) is 23.5 Å². The quantitative estimate of drug-likeness (QED) is 0.695. The van der Waals surface area contributed by atoms with E-state index < -0.39 is 0 Å². The first-order chi connectivity index (χ1) is 6.81. The third kappa shape index (κ3) is 1.58. The van der Waals surface area contributed by atoms with Gasteiger partial charge in [0.15, 0.2) is 0 Å². The molecule has 0 N–H and O–H groups in total. The lowest BCUT2D eigenvalue weighted by molar-refractivity contribution is 0.528. The standard InChI is InChI=1S/C13H14O/c1-3-12-9-10(2)13(14-12)11-7-5-4-6-8-11/h4-9H,3H2,1-2H3. The van der Waals surface area contributed by atoms with Gasteiger partial charge in [0.1, 0.15) is 11.5 Å². The summed E-state index contributed by atoms with van der Waals surface area (Å²) in [4.78, 5) is 0. The van der Waals surface area contributed by atoms with Crippen LogP contribution in [0.1, 0.15) is 18.2 Å². The van der Waals surface area contributed by atoms with Crippen LogP contribution in [0.5, 0.6) is 0 Å². The zero-order chi connectivity index (χ0) is 9.97. The second kappa shape index (κ2) is 3.70. The zero-order valence-electron chi connectivity index (χ0n) is 8.58. The summed E-state index contributed by atoms with van der Waals surface area (Å²) in [7, 11) is 0. The Morgan fingerprint density at radius 1 is 1.14 bits per heavy atom. The molecule has 0 unspecified atom stereocenters. The monoisotopic (exact) mass is 186 g/mol. The number of aryl methyl sites for hydroxylation is 2. The molecule has 0 saturated heterocycles. The Morgan fingerprint density at radius 3 is 2.43 bits per heavy atom. The minimum atomic E-state index is 0.952. The van der Waals surface area contributed by atoms with Crippen molar-refractivity contribution in [2.24, 2.45) is 0 Å². The molecular formula is C13H14O. The molecule has 0 aliphatic carbocycles. The second-order valence-electron chi connectivity index (χ2n) is 3.44. The topological polar surface area (TPSA) is 13.1 Å². The van der Waals surface area contributed by atoms with Crippen LogP contribution in [-0.4, -0.2) is 0 Å². The van der Waals surface area contributed by atoms with Crippen LogP contribution < -0.4 is 0 Å². The fraction of sp³-hybridized carbons (Fsp3) is 0.231. The van der Waals surface area contributed by atoms with Crippen molar-refractivity contribution in [3.05, 3.63) is 47.7 Å². The minimum absolute atomic E-state index is 0.952. The van der Waals surface area contributed by atoms with E-state index in [9.17, 15) is 0 Å². The molecule has 1 aromatic carbocycles. The van der Waals surface area contributed by atoms with E-state index in [2.05, 4.69) is 32.0 Å². The van der Waals surface area contributed by atoms with E-state index >= 15 is 0 Å². The Hall–Kier alpha value is -1.50. The van der Waals surface area contributed by atoms with Crippen molar-refractivity contribution in [2.45, 2.75) is 20.3 Å². The maximum absolute atomic E-state index is 5.75. The van der Waals surface area contributed by atoms with Gasteiger partial charge in [0.2, 0.25) is 0 Å². The van der Waals surface area contributed by atoms with Crippen molar-refractivity contribution < 1.29 is 4.42 Å². The van der Waals surface area contributed by atoms with Gasteiger partial charge in [0, 0.05) is 12.0 Å². The Bertz CT molecular complexity index is 412. The number of rotatable bonds is 2. The summed E-state index contributed by atoms with van der Waals surface area (Å²) in [5, 5.41) is 0. The van der Waals surface area contributed by atoms with E-state index in [1.54, 1.807) is 0 Å². The molecule has 0 spiro atoms. The van der Waals surface area contributed by atoms with Crippen LogP contribution in [0.25, 0.3) is 11.3 Å². The highest BCUT2D eigenvalue weighted by Gasteiger charge is 2.07. The van der Waals surface area contributed by atoms with Crippen molar-refractivity contribution >= 4 is 0 Å². The smallest absolute Gasteiger partial charge is 0.137 e. The van der Waals surface area contributed by atoms with E-state index in [4.69, 9.17) is 4.42 Å². The summed E-state index contributed by atoms with van der Waals surface area (Å²) in [5.74, 6) is 2.06. The molecule has 0 saturated carbocycles. The molecule has 2 rings (SSSR count). The fourth-order valence-corrected chi connectivity index (χ4v) is 1.60. The van der Waals surface area contributed by atoms with Crippen LogP contribution in [-0.2, 0) is 6.42 Å². The van der Waals surface area contributed by atoms with Gasteiger partial charge >= 0.3 is 0 Å². The fourth-order valence-electron chi connectivity index (χ4n) is 1.60. The molecule has 1 heteroatoms. The van der Waals surface area contributed by atoms with Crippen LogP contribution in [0, 0.1) is 6.92 Å². The Labute approximate surface area is 84.4 Å². The molecule has 1 heterocycles. The van der Waals surface area contributed by atoms with Crippen molar-refractivity contribution in [3.8, 4) is 11.3 Å². The van der Waals surface area contributed by atoms with Gasteiger partial charge in [-0.25, -0.2) is 0 Å². The molecule has 1 aromatic heterocycles. The first kappa shape index (κ1) is 9.07. The van der Waals surface area contributed by atoms with E-state index in [1.807, 2.05) is 18.2 Å². The largest absolute Gasteiger partial charge is 0.461 e. The van der Waals surface area contributed by atoms with Gasteiger partial charge in [-0.05, 0) is 18.6 Å². The predicted octanol–water partition coefficient (Wildman–Crippen LogP) is 3.82. The first-order valence-electron chi connectivity index (χ1n) is 4.96. The van der Waals surface area contributed by atoms with Crippen LogP contribution in [0.2, 0.25) is 0 Å². The third-order valence-corrected chi connectivity index (χ3v) is 2.35. The Morgan fingerprint density at radius 2 is 1.86 bits per heavy atom. The molecule has 0 bridgehead atoms. The van der Waals surface area contributed by atoms with Gasteiger partial charge < -0.3 is 4.42 Å². The van der Waals surface area contributed by atoms with Crippen LogP contribution in [0.4, 0.5) is 0 Å². The van der Waals surface area contributed by atoms with Crippen molar-refractivity contribution in [1.29, 1.82) is 0 Å². The highest BCUT2D eigenvalue weighted by molar-refractivity contribution is 5.61. The molecule has 72 valence electrons. The van der Waals surface area contributed by atoms with Gasteiger partial charge in [-0.1, -0.05) is 37.3 Å². The summed E-state index contributed by atoms with van der Waals surface area (Å²) in [5.41, 5.74) is 2.37. The maximum atomic E-state index is 5.75. The third-order valence-electron chi connectivity index (χ3n) is 2.35. The van der Waals surface area contributed by atoms with Crippen molar-refractivity contribution in [3.63, 3.8) is 0 Å². The predicted molar refractivity (Wildman–Crippen MR) is 58.3 cm³/mol. The van der Waals surface area contributed by atoms with E-state index in [1.165, 1.54) is 5.56 Å². The molecule has 0 aliphatic heterocycles. The summed E-state index contributed by atoms with van der Waals surface area (Å²) in [6.45, 7) is 4.19. The normalized spacial score (nSPS) is 10.4. The molecule has 0 aliphatic rings. The second-order valence-corrected chi connectivity index (χ2v) is 3.44. The molecule has 1 nitrogen and oxygen atoms in total. The molecule has 0 amide bonds. The Balaban J connectivity index is 2.46. The molecule has 2 aromatic rings. The van der Waals surface area contributed by atoms with Gasteiger partial charge in [0.05, 0.1) is 0 Å². The lowest BCUT2D eigenvalue weighted by Crippen LogP contribution is -1.74. The molecule has 0 atom stereocenters. The molecule has 14 heavy (non-hydrogen) atoms. The number of furan rings is 1. The lowest BCUT2D eigenvalue weighted by atomic mass is 10.1. The lowest BCUT2D eigenvalue weighted by Gasteiger charge is -1.97. The van der Waals surface area contributed by atoms with Gasteiger partial charge in [-0.3, -0.25) is 0 Å². The molecule has 0 radical (unpaired) electrons. The average Bonchev–Trinajstić information content (AvgIpc) is 2.61. The van der Waals surface area contributed by atoms with Crippen molar-refractivity contribution in [2.75, 3.05) is 0 Å². The summed E-state index contributed by atoms with van der Waals surface area (Å²) < 4.78 is 5.75. The highest BCUT2D eigenvalue weighted by atomic mass is 16.3. The van der Waals surface area contributed by atoms with Crippen LogP contribution in [0.15, 0.2) is 40.8 Å². The maximum Gasteiger partial charge on any atom is 0.137 e. The highest BCUT2D eigenvalue weighted by Crippen LogP contribution is 2.26. The van der Waals surface area contributed by atoms with E-state index in [0.29, 0.717) is 0 Å². The SMILES string of the molecule is CCc1cc(C)c(-c2ccccc2)o1. The van der Waals surface area contributed by atoms with Gasteiger partial charge in [0.25, 0.3) is 0 Å². The van der Waals surface area contributed by atoms with Crippen molar-refractivity contribution in [1.82, 2.24) is 0 Å². The summed E-state index contributed by atoms with van der Waals surface area (Å²) in [6.07, 6.45) is 0.952. The van der Waals surface area contributed by atoms with Gasteiger partial charge in [-0.15, -0.1) is 0 Å². The minimum Gasteiger partial charge on any atom is -0.461 e. The average molecular weight is 186 g/mol. The zero-order valence-corrected chi connectivity index (χ0v) is 8.58. The van der Waals surface area contributed by atoms with Crippen LogP contribution in [0.3, 0.4) is 0 Å². The number of hydrogen-bond acceptors (Lipinski definition) is 1. The van der Waals surface area contributed by atoms with Crippen LogP contribution >= 0.6 is 0 Å². The number of benzene rings is 1.